The molecule has 0 radical (unpaired) electrons. The highest BCUT2D eigenvalue weighted by Gasteiger charge is 2.48. The maximum absolute atomic E-state index is 12.6. The first-order chi connectivity index (χ1) is 12.9. The Morgan fingerprint density at radius 2 is 1.59 bits per heavy atom. The number of rotatable bonds is 0. The lowest BCUT2D eigenvalue weighted by molar-refractivity contribution is -0.155. The molecule has 0 aromatic heterocycles. The van der Waals surface area contributed by atoms with Crippen LogP contribution < -0.4 is 0 Å². The zero-order valence-corrected chi connectivity index (χ0v) is 15.8. The van der Waals surface area contributed by atoms with Crippen molar-refractivity contribution < 1.29 is 33.3 Å². The Balaban J connectivity index is 1.60. The van der Waals surface area contributed by atoms with E-state index in [1.54, 1.807) is 6.92 Å². The predicted octanol–water partition coefficient (Wildman–Crippen LogP) is 2.21. The van der Waals surface area contributed by atoms with Crippen LogP contribution in [-0.2, 0) is 33.3 Å². The van der Waals surface area contributed by atoms with Gasteiger partial charge in [0, 0.05) is 25.2 Å². The molecular formula is C20H26O7. The highest BCUT2D eigenvalue weighted by molar-refractivity contribution is 5.94. The third-order valence-electron chi connectivity index (χ3n) is 5.94. The number of fused-ring (bicyclic) bond motifs is 2. The van der Waals surface area contributed by atoms with Gasteiger partial charge >= 0.3 is 11.9 Å². The molecule has 0 unspecified atom stereocenters. The Morgan fingerprint density at radius 3 is 2.41 bits per heavy atom. The fraction of sp³-hybridized carbons (Fsp3) is 0.750. The number of hydrogen-bond donors (Lipinski definition) is 0. The number of cyclic esters (lactones) is 1. The van der Waals surface area contributed by atoms with Crippen molar-refractivity contribution in [2.24, 2.45) is 5.92 Å². The van der Waals surface area contributed by atoms with E-state index in [0.717, 1.165) is 12.8 Å². The Kier molecular flexibility index (Phi) is 4.97. The summed E-state index contributed by atoms with van der Waals surface area (Å²) in [5, 5.41) is 0. The molecule has 0 aliphatic carbocycles. The summed E-state index contributed by atoms with van der Waals surface area (Å²) < 4.78 is 22.8. The van der Waals surface area contributed by atoms with Crippen molar-refractivity contribution in [3.63, 3.8) is 0 Å². The number of ketones is 1. The largest absolute Gasteiger partial charge is 0.491 e. The van der Waals surface area contributed by atoms with E-state index in [4.69, 9.17) is 18.9 Å². The molecule has 0 spiro atoms. The van der Waals surface area contributed by atoms with Crippen molar-refractivity contribution in [1.82, 2.24) is 0 Å². The van der Waals surface area contributed by atoms with Crippen LogP contribution in [0, 0.1) is 5.92 Å². The van der Waals surface area contributed by atoms with Crippen molar-refractivity contribution in [2.75, 3.05) is 0 Å². The quantitative estimate of drug-likeness (QED) is 0.472. The van der Waals surface area contributed by atoms with Gasteiger partial charge in [0.15, 0.2) is 0 Å². The molecule has 4 saturated heterocycles. The zero-order valence-electron chi connectivity index (χ0n) is 15.8. The summed E-state index contributed by atoms with van der Waals surface area (Å²) in [4.78, 5) is 37.2. The fourth-order valence-corrected chi connectivity index (χ4v) is 4.51. The molecule has 4 heterocycles. The van der Waals surface area contributed by atoms with E-state index in [2.05, 4.69) is 0 Å². The molecule has 4 aliphatic rings. The maximum Gasteiger partial charge on any atom is 0.338 e. The first kappa shape index (κ1) is 18.5. The second kappa shape index (κ2) is 7.26. The Hall–Kier alpha value is -1.89. The molecule has 7 nitrogen and oxygen atoms in total. The third kappa shape index (κ3) is 3.74. The Labute approximate surface area is 158 Å². The molecule has 4 rings (SSSR count). The monoisotopic (exact) mass is 378 g/mol. The topological polar surface area (TPSA) is 88.1 Å². The predicted molar refractivity (Wildman–Crippen MR) is 92.5 cm³/mol. The van der Waals surface area contributed by atoms with Gasteiger partial charge in [0.1, 0.15) is 29.9 Å². The molecule has 0 aromatic rings. The lowest BCUT2D eigenvalue weighted by Gasteiger charge is -2.28. The zero-order chi connectivity index (χ0) is 19.1. The van der Waals surface area contributed by atoms with Crippen molar-refractivity contribution in [1.29, 1.82) is 0 Å². The molecule has 148 valence electrons. The van der Waals surface area contributed by atoms with Crippen LogP contribution >= 0.6 is 0 Å². The molecule has 0 aromatic carbocycles. The summed E-state index contributed by atoms with van der Waals surface area (Å²) >= 11 is 0. The molecule has 4 aliphatic heterocycles. The van der Waals surface area contributed by atoms with Crippen molar-refractivity contribution >= 4 is 17.7 Å². The van der Waals surface area contributed by atoms with Gasteiger partial charge in [0.25, 0.3) is 0 Å². The summed E-state index contributed by atoms with van der Waals surface area (Å²) in [6, 6.07) is 0. The van der Waals surface area contributed by atoms with Crippen LogP contribution in [0.3, 0.4) is 0 Å². The summed E-state index contributed by atoms with van der Waals surface area (Å²) in [6.07, 6.45) is 2.35. The Morgan fingerprint density at radius 1 is 0.778 bits per heavy atom. The van der Waals surface area contributed by atoms with E-state index < -0.39 is 24.0 Å². The second-order valence-corrected chi connectivity index (χ2v) is 8.10. The van der Waals surface area contributed by atoms with Gasteiger partial charge in [0.2, 0.25) is 0 Å². The molecule has 0 bridgehead atoms. The minimum absolute atomic E-state index is 0.0365. The molecule has 4 fully saturated rings. The summed E-state index contributed by atoms with van der Waals surface area (Å²) in [5.74, 6) is -0.725. The molecule has 27 heavy (non-hydrogen) atoms. The maximum atomic E-state index is 12.6. The standard InChI is InChI=1S/C20H26O7/c1-10-4-6-14-16(24-10)8-17(26-14)19-13-7-12(21)5-3-11(2)25-18(22)9-15(13)27-20(19)23/h10-11,13-16H,3-9H2,1-2H3/b19-17+/t10-,11-,13+,14+,15+,16+/m1/s1. The number of carbonyl (C=O) groups is 3. The van der Waals surface area contributed by atoms with E-state index in [1.807, 2.05) is 6.92 Å². The number of Topliss-reactive ketones (excluding diaryl/α,β-unsaturated/α-hetero) is 1. The number of carbonyl (C=O) groups excluding carboxylic acids is 3. The third-order valence-corrected chi connectivity index (χ3v) is 5.94. The van der Waals surface area contributed by atoms with Crippen LogP contribution in [0.1, 0.15) is 58.8 Å². The van der Waals surface area contributed by atoms with Gasteiger partial charge in [-0.3, -0.25) is 9.59 Å². The molecule has 6 atom stereocenters. The molecule has 0 N–H and O–H groups in total. The summed E-state index contributed by atoms with van der Waals surface area (Å²) in [6.45, 7) is 3.81. The summed E-state index contributed by atoms with van der Waals surface area (Å²) in [7, 11) is 0. The smallest absolute Gasteiger partial charge is 0.338 e. The number of esters is 2. The highest BCUT2D eigenvalue weighted by atomic mass is 16.6. The highest BCUT2D eigenvalue weighted by Crippen LogP contribution is 2.42. The van der Waals surface area contributed by atoms with Crippen LogP contribution in [0.25, 0.3) is 0 Å². The van der Waals surface area contributed by atoms with E-state index in [9.17, 15) is 14.4 Å². The van der Waals surface area contributed by atoms with Gasteiger partial charge in [-0.25, -0.2) is 4.79 Å². The van der Waals surface area contributed by atoms with Gasteiger partial charge in [-0.15, -0.1) is 0 Å². The Bertz CT molecular complexity index is 682. The van der Waals surface area contributed by atoms with Gasteiger partial charge in [-0.2, -0.15) is 0 Å². The first-order valence-corrected chi connectivity index (χ1v) is 9.88. The van der Waals surface area contributed by atoms with Gasteiger partial charge in [0.05, 0.1) is 24.2 Å². The minimum Gasteiger partial charge on any atom is -0.491 e. The van der Waals surface area contributed by atoms with E-state index in [0.29, 0.717) is 30.6 Å². The van der Waals surface area contributed by atoms with E-state index in [-0.39, 0.29) is 43.0 Å². The molecule has 0 saturated carbocycles. The SMILES string of the molecule is C[C@@H]1CCC(=O)C[C@@H]2/C(=C3/C[C@@H]4O[C@H](C)CC[C@@H]4O3)C(=O)O[C@H]2CC(=O)O1. The summed E-state index contributed by atoms with van der Waals surface area (Å²) in [5.41, 5.74) is 0.417. The van der Waals surface area contributed by atoms with Crippen LogP contribution in [0.2, 0.25) is 0 Å². The van der Waals surface area contributed by atoms with Crippen LogP contribution in [0.5, 0.6) is 0 Å². The van der Waals surface area contributed by atoms with Crippen molar-refractivity contribution in [3.8, 4) is 0 Å². The lowest BCUT2D eigenvalue weighted by Crippen LogP contribution is -2.34. The van der Waals surface area contributed by atoms with E-state index >= 15 is 0 Å². The van der Waals surface area contributed by atoms with Crippen molar-refractivity contribution in [2.45, 2.75) is 89.3 Å². The minimum atomic E-state index is -0.673. The average Bonchev–Trinajstić information content (AvgIpc) is 3.12. The lowest BCUT2D eigenvalue weighted by atomic mass is 9.86. The van der Waals surface area contributed by atoms with Crippen molar-refractivity contribution in [3.05, 3.63) is 11.3 Å². The first-order valence-electron chi connectivity index (χ1n) is 9.88. The molecular weight excluding hydrogens is 352 g/mol. The molecule has 7 heteroatoms. The van der Waals surface area contributed by atoms with Gasteiger partial charge in [-0.1, -0.05) is 0 Å². The normalized spacial score (nSPS) is 42.7. The number of hydrogen-bond acceptors (Lipinski definition) is 7. The number of ether oxygens (including phenoxy) is 4. The molecule has 0 amide bonds. The second-order valence-electron chi connectivity index (χ2n) is 8.10. The fourth-order valence-electron chi connectivity index (χ4n) is 4.51. The van der Waals surface area contributed by atoms with Crippen LogP contribution in [0.15, 0.2) is 11.3 Å². The van der Waals surface area contributed by atoms with Crippen LogP contribution in [-0.4, -0.2) is 48.2 Å². The van der Waals surface area contributed by atoms with Gasteiger partial charge in [-0.05, 0) is 33.1 Å². The van der Waals surface area contributed by atoms with Gasteiger partial charge < -0.3 is 18.9 Å². The van der Waals surface area contributed by atoms with E-state index in [1.165, 1.54) is 0 Å². The average molecular weight is 378 g/mol. The van der Waals surface area contributed by atoms with Crippen LogP contribution in [0.4, 0.5) is 0 Å².